The van der Waals surface area contributed by atoms with Gasteiger partial charge in [-0.1, -0.05) is 250 Å². The molecule has 0 heterocycles. The smallest absolute Gasteiger partial charge is 0.306 e. The predicted molar refractivity (Wildman–Crippen MR) is 266 cm³/mol. The first kappa shape index (κ1) is 59.6. The number of carbonyl (C=O) groups is 3. The van der Waals surface area contributed by atoms with Crippen LogP contribution < -0.4 is 0 Å². The second-order valence-corrected chi connectivity index (χ2v) is 18.1. The molecule has 0 amide bonds. The Bertz CT molecular complexity index is 1050. The first-order valence-corrected chi connectivity index (χ1v) is 27.0. The van der Waals surface area contributed by atoms with Crippen molar-refractivity contribution in [3.05, 3.63) is 36.5 Å². The lowest BCUT2D eigenvalue weighted by molar-refractivity contribution is -0.167. The molecule has 0 saturated heterocycles. The number of hydrogen-bond acceptors (Lipinski definition) is 6. The van der Waals surface area contributed by atoms with Gasteiger partial charge in [-0.3, -0.25) is 14.4 Å². The minimum absolute atomic E-state index is 0.0731. The van der Waals surface area contributed by atoms with E-state index in [0.717, 1.165) is 83.5 Å². The lowest BCUT2D eigenvalue weighted by Crippen LogP contribution is -2.30. The maximum absolute atomic E-state index is 12.8. The Morgan fingerprint density at radius 2 is 0.629 bits per heavy atom. The average molecular weight is 871 g/mol. The summed E-state index contributed by atoms with van der Waals surface area (Å²) in [6.45, 7) is 6.54. The molecule has 0 N–H and O–H groups in total. The topological polar surface area (TPSA) is 78.9 Å². The molecule has 62 heavy (non-hydrogen) atoms. The quantitative estimate of drug-likeness (QED) is 0.0262. The van der Waals surface area contributed by atoms with Gasteiger partial charge in [-0.25, -0.2) is 0 Å². The number of esters is 3. The number of rotatable bonds is 49. The standard InChI is InChI=1S/C56H102O6/c1-4-7-10-13-16-19-22-24-26-28-30-31-34-37-40-43-46-49-55(58)61-52-53(51-60-54(57)48-45-42-39-36-33-21-18-15-12-9-6-3)62-56(59)50-47-44-41-38-35-32-29-27-25-23-20-17-14-11-8-5-2/h8,11,17,20,25,27,53H,4-7,9-10,12-16,18-19,21-24,26,28-52H2,1-3H3/b11-8-,20-17-,27-25-. The molecule has 0 aliphatic heterocycles. The van der Waals surface area contributed by atoms with Crippen LogP contribution in [0.25, 0.3) is 0 Å². The van der Waals surface area contributed by atoms with Gasteiger partial charge in [0.25, 0.3) is 0 Å². The summed E-state index contributed by atoms with van der Waals surface area (Å²) in [7, 11) is 0. The van der Waals surface area contributed by atoms with E-state index in [1.54, 1.807) is 0 Å². The molecule has 0 saturated carbocycles. The van der Waals surface area contributed by atoms with Crippen LogP contribution in [0.5, 0.6) is 0 Å². The lowest BCUT2D eigenvalue weighted by atomic mass is 10.0. The third-order valence-corrected chi connectivity index (χ3v) is 11.9. The van der Waals surface area contributed by atoms with Gasteiger partial charge in [0.2, 0.25) is 0 Å². The molecule has 0 rings (SSSR count). The van der Waals surface area contributed by atoms with Crippen LogP contribution in [0.1, 0.15) is 284 Å². The van der Waals surface area contributed by atoms with E-state index < -0.39 is 6.10 Å². The van der Waals surface area contributed by atoms with Crippen molar-refractivity contribution in [1.82, 2.24) is 0 Å². The van der Waals surface area contributed by atoms with Crippen molar-refractivity contribution in [2.45, 2.75) is 290 Å². The van der Waals surface area contributed by atoms with Gasteiger partial charge < -0.3 is 14.2 Å². The van der Waals surface area contributed by atoms with Gasteiger partial charge in [0.05, 0.1) is 0 Å². The van der Waals surface area contributed by atoms with Crippen LogP contribution in [0.4, 0.5) is 0 Å². The van der Waals surface area contributed by atoms with Crippen LogP contribution in [-0.2, 0) is 28.6 Å². The number of carbonyl (C=O) groups excluding carboxylic acids is 3. The first-order valence-electron chi connectivity index (χ1n) is 27.0. The van der Waals surface area contributed by atoms with E-state index in [1.807, 2.05) is 0 Å². The Kier molecular flexibility index (Phi) is 49.3. The number of allylic oxidation sites excluding steroid dienone is 6. The summed E-state index contributed by atoms with van der Waals surface area (Å²) in [5.41, 5.74) is 0. The minimum atomic E-state index is -0.773. The van der Waals surface area contributed by atoms with Gasteiger partial charge in [-0.2, -0.15) is 0 Å². The van der Waals surface area contributed by atoms with Crippen LogP contribution >= 0.6 is 0 Å². The zero-order valence-corrected chi connectivity index (χ0v) is 41.4. The molecule has 0 aromatic rings. The van der Waals surface area contributed by atoms with Gasteiger partial charge in [0, 0.05) is 19.3 Å². The van der Waals surface area contributed by atoms with Crippen molar-refractivity contribution in [3.8, 4) is 0 Å². The Hall–Kier alpha value is -2.37. The van der Waals surface area contributed by atoms with Crippen molar-refractivity contribution < 1.29 is 28.6 Å². The summed E-state index contributed by atoms with van der Waals surface area (Å²) in [5, 5.41) is 0. The van der Waals surface area contributed by atoms with Crippen LogP contribution in [0.15, 0.2) is 36.5 Å². The highest BCUT2D eigenvalue weighted by molar-refractivity contribution is 5.71. The summed E-state index contributed by atoms with van der Waals surface area (Å²) in [6, 6.07) is 0. The van der Waals surface area contributed by atoms with E-state index in [-0.39, 0.29) is 31.1 Å². The first-order chi connectivity index (χ1) is 30.5. The molecular weight excluding hydrogens is 769 g/mol. The van der Waals surface area contributed by atoms with Gasteiger partial charge in [0.15, 0.2) is 6.10 Å². The normalized spacial score (nSPS) is 12.2. The van der Waals surface area contributed by atoms with E-state index in [1.165, 1.54) is 161 Å². The fourth-order valence-corrected chi connectivity index (χ4v) is 7.87. The van der Waals surface area contributed by atoms with E-state index in [2.05, 4.69) is 57.2 Å². The zero-order chi connectivity index (χ0) is 45.1. The molecule has 1 unspecified atom stereocenters. The van der Waals surface area contributed by atoms with E-state index >= 15 is 0 Å². The Morgan fingerprint density at radius 1 is 0.339 bits per heavy atom. The second kappa shape index (κ2) is 51.3. The summed E-state index contributed by atoms with van der Waals surface area (Å²) in [5.74, 6) is -0.872. The maximum Gasteiger partial charge on any atom is 0.306 e. The van der Waals surface area contributed by atoms with E-state index in [4.69, 9.17) is 14.2 Å². The van der Waals surface area contributed by atoms with Crippen molar-refractivity contribution >= 4 is 17.9 Å². The highest BCUT2D eigenvalue weighted by Crippen LogP contribution is 2.16. The fourth-order valence-electron chi connectivity index (χ4n) is 7.87. The molecule has 362 valence electrons. The third-order valence-electron chi connectivity index (χ3n) is 11.9. The second-order valence-electron chi connectivity index (χ2n) is 18.1. The SMILES string of the molecule is CC/C=C\C/C=C\C/C=C\CCCCCCCCC(=O)OC(COC(=O)CCCCCCCCCCCCC)COC(=O)CCCCCCCCCCCCCCCCCCC. The maximum atomic E-state index is 12.8. The van der Waals surface area contributed by atoms with Gasteiger partial charge in [0.1, 0.15) is 13.2 Å². The molecule has 0 aliphatic carbocycles. The summed E-state index contributed by atoms with van der Waals surface area (Å²) in [6.07, 6.45) is 59.9. The van der Waals surface area contributed by atoms with Gasteiger partial charge in [-0.15, -0.1) is 0 Å². The van der Waals surface area contributed by atoms with Crippen molar-refractivity contribution in [1.29, 1.82) is 0 Å². The fraction of sp³-hybridized carbons (Fsp3) is 0.839. The molecule has 1 atom stereocenters. The van der Waals surface area contributed by atoms with E-state index in [0.29, 0.717) is 19.3 Å². The molecule has 0 radical (unpaired) electrons. The van der Waals surface area contributed by atoms with Crippen LogP contribution in [0, 0.1) is 0 Å². The third kappa shape index (κ3) is 48.7. The van der Waals surface area contributed by atoms with Crippen molar-refractivity contribution in [2.75, 3.05) is 13.2 Å². The minimum Gasteiger partial charge on any atom is -0.462 e. The van der Waals surface area contributed by atoms with Crippen molar-refractivity contribution in [2.24, 2.45) is 0 Å². The molecule has 0 bridgehead atoms. The molecule has 0 aromatic carbocycles. The van der Waals surface area contributed by atoms with Crippen LogP contribution in [0.2, 0.25) is 0 Å². The van der Waals surface area contributed by atoms with Crippen molar-refractivity contribution in [3.63, 3.8) is 0 Å². The molecule has 0 aromatic heterocycles. The Morgan fingerprint density at radius 3 is 0.984 bits per heavy atom. The monoisotopic (exact) mass is 871 g/mol. The summed E-state index contributed by atoms with van der Waals surface area (Å²) >= 11 is 0. The summed E-state index contributed by atoms with van der Waals surface area (Å²) in [4.78, 5) is 38.0. The highest BCUT2D eigenvalue weighted by Gasteiger charge is 2.19. The molecule has 0 spiro atoms. The predicted octanol–water partition coefficient (Wildman–Crippen LogP) is 17.7. The number of hydrogen-bond donors (Lipinski definition) is 0. The highest BCUT2D eigenvalue weighted by atomic mass is 16.6. The van der Waals surface area contributed by atoms with Gasteiger partial charge in [-0.05, 0) is 51.4 Å². The number of unbranched alkanes of at least 4 members (excludes halogenated alkanes) is 32. The molecule has 0 aliphatic rings. The number of ether oxygens (including phenoxy) is 3. The lowest BCUT2D eigenvalue weighted by Gasteiger charge is -2.18. The molecule has 6 nitrogen and oxygen atoms in total. The molecule has 6 heteroatoms. The molecule has 0 fully saturated rings. The largest absolute Gasteiger partial charge is 0.462 e. The van der Waals surface area contributed by atoms with E-state index in [9.17, 15) is 14.4 Å². The molecular formula is C56H102O6. The van der Waals surface area contributed by atoms with Crippen LogP contribution in [0.3, 0.4) is 0 Å². The Balaban J connectivity index is 4.33. The van der Waals surface area contributed by atoms with Gasteiger partial charge >= 0.3 is 17.9 Å². The average Bonchev–Trinajstić information content (AvgIpc) is 3.27. The zero-order valence-electron chi connectivity index (χ0n) is 41.4. The van der Waals surface area contributed by atoms with Crippen LogP contribution in [-0.4, -0.2) is 37.2 Å². The summed E-state index contributed by atoms with van der Waals surface area (Å²) < 4.78 is 16.8. The Labute approximate surface area is 385 Å².